The summed E-state index contributed by atoms with van der Waals surface area (Å²) >= 11 is 5.83. The Morgan fingerprint density at radius 1 is 1.10 bits per heavy atom. The van der Waals surface area contributed by atoms with Crippen LogP contribution in [-0.2, 0) is 4.74 Å². The maximum atomic E-state index is 12.5. The summed E-state index contributed by atoms with van der Waals surface area (Å²) in [5, 5.41) is 3.30. The summed E-state index contributed by atoms with van der Waals surface area (Å²) < 4.78 is 10.3. The van der Waals surface area contributed by atoms with E-state index in [4.69, 9.17) is 26.8 Å². The van der Waals surface area contributed by atoms with Crippen molar-refractivity contribution in [1.82, 2.24) is 4.98 Å². The lowest BCUT2D eigenvalue weighted by Gasteiger charge is -2.16. The molecule has 0 aliphatic heterocycles. The molecule has 3 N–H and O–H groups in total. The molecule has 0 fully saturated rings. The Kier molecular flexibility index (Phi) is 6.87. The molecule has 0 saturated heterocycles. The second-order valence-corrected chi connectivity index (χ2v) is 6.72. The molecule has 0 bridgehead atoms. The number of amides is 1. The first-order chi connectivity index (χ1) is 14.5. The minimum absolute atomic E-state index is 0.0515. The van der Waals surface area contributed by atoms with Gasteiger partial charge in [0.05, 0.1) is 19.2 Å². The van der Waals surface area contributed by atoms with Gasteiger partial charge in [0.2, 0.25) is 0 Å². The molecule has 1 aromatic heterocycles. The Labute approximate surface area is 179 Å². The Balaban J connectivity index is 1.90. The predicted molar refractivity (Wildman–Crippen MR) is 117 cm³/mol. The van der Waals surface area contributed by atoms with Crippen LogP contribution in [-0.4, -0.2) is 31.1 Å². The van der Waals surface area contributed by atoms with Crippen LogP contribution in [0, 0.1) is 0 Å². The number of aromatic nitrogens is 1. The fourth-order valence-electron chi connectivity index (χ4n) is 2.80. The van der Waals surface area contributed by atoms with Gasteiger partial charge in [-0.05, 0) is 47.5 Å². The zero-order valence-electron chi connectivity index (χ0n) is 16.5. The number of ether oxygens (including phenoxy) is 2. The van der Waals surface area contributed by atoms with E-state index in [1.54, 1.807) is 25.3 Å². The van der Waals surface area contributed by atoms with Crippen LogP contribution in [0.25, 0.3) is 0 Å². The van der Waals surface area contributed by atoms with E-state index < -0.39 is 6.04 Å². The number of nitrogens with two attached hydrogens (primary N) is 1. The van der Waals surface area contributed by atoms with Crippen LogP contribution < -0.4 is 15.8 Å². The normalized spacial score (nSPS) is 12.2. The highest BCUT2D eigenvalue weighted by molar-refractivity contribution is 6.30. The molecule has 2 aromatic carbocycles. The zero-order chi connectivity index (χ0) is 21.5. The number of nitrogens with one attached hydrogen (secondary N) is 1. The lowest BCUT2D eigenvalue weighted by molar-refractivity contribution is 0.102. The van der Waals surface area contributed by atoms with Gasteiger partial charge >= 0.3 is 0 Å². The molecule has 1 amide bonds. The first-order valence-corrected chi connectivity index (χ1v) is 9.42. The van der Waals surface area contributed by atoms with Crippen molar-refractivity contribution in [3.63, 3.8) is 0 Å². The van der Waals surface area contributed by atoms with Crippen molar-refractivity contribution in [1.29, 1.82) is 0 Å². The Hall–Kier alpha value is -3.58. The average molecular weight is 425 g/mol. The minimum atomic E-state index is -0.429. The van der Waals surface area contributed by atoms with Crippen LogP contribution in [0.3, 0.4) is 0 Å². The molecule has 3 rings (SSSR count). The van der Waals surface area contributed by atoms with E-state index in [0.29, 0.717) is 10.7 Å². The molecule has 1 unspecified atom stereocenters. The molecule has 0 aliphatic rings. The molecule has 0 radical (unpaired) electrons. The smallest absolute Gasteiger partial charge is 0.282 e. The fourth-order valence-corrected chi connectivity index (χ4v) is 2.91. The summed E-state index contributed by atoms with van der Waals surface area (Å²) in [7, 11) is 3.06. The number of hydrogen-bond donors (Lipinski definition) is 2. The van der Waals surface area contributed by atoms with E-state index in [0.717, 1.165) is 16.9 Å². The first-order valence-electron chi connectivity index (χ1n) is 9.04. The van der Waals surface area contributed by atoms with Crippen molar-refractivity contribution in [2.75, 3.05) is 19.5 Å². The number of rotatable bonds is 6. The number of carbonyl (C=O) groups excluding carboxylic acids is 1. The molecular formula is C22H21ClN4O3. The maximum Gasteiger partial charge on any atom is 0.282 e. The predicted octanol–water partition coefficient (Wildman–Crippen LogP) is 4.05. The summed E-state index contributed by atoms with van der Waals surface area (Å²) in [5.74, 6) is 0.391. The molecule has 8 heteroatoms. The van der Waals surface area contributed by atoms with Crippen molar-refractivity contribution in [3.05, 3.63) is 88.7 Å². The zero-order valence-corrected chi connectivity index (χ0v) is 17.3. The lowest BCUT2D eigenvalue weighted by atomic mass is 9.98. The summed E-state index contributed by atoms with van der Waals surface area (Å²) in [6.45, 7) is 0. The number of nitrogens with zero attached hydrogens (tertiary/aromatic N) is 2. The Morgan fingerprint density at radius 3 is 2.50 bits per heavy atom. The molecule has 0 spiro atoms. The highest BCUT2D eigenvalue weighted by atomic mass is 35.5. The van der Waals surface area contributed by atoms with Crippen LogP contribution in [0.15, 0.2) is 71.9 Å². The van der Waals surface area contributed by atoms with Gasteiger partial charge in [0, 0.05) is 11.9 Å². The van der Waals surface area contributed by atoms with Crippen molar-refractivity contribution >= 4 is 29.2 Å². The van der Waals surface area contributed by atoms with Crippen molar-refractivity contribution in [2.45, 2.75) is 6.04 Å². The van der Waals surface area contributed by atoms with E-state index >= 15 is 0 Å². The monoisotopic (exact) mass is 424 g/mol. The largest absolute Gasteiger partial charge is 0.497 e. The van der Waals surface area contributed by atoms with E-state index in [-0.39, 0.29) is 17.6 Å². The first kappa shape index (κ1) is 21.1. The highest BCUT2D eigenvalue weighted by Gasteiger charge is 2.16. The number of carbonyl (C=O) groups is 1. The third-order valence-corrected chi connectivity index (χ3v) is 4.54. The second kappa shape index (κ2) is 9.76. The van der Waals surface area contributed by atoms with Crippen molar-refractivity contribution in [3.8, 4) is 5.75 Å². The lowest BCUT2D eigenvalue weighted by Crippen LogP contribution is -2.16. The Morgan fingerprint density at radius 2 is 1.87 bits per heavy atom. The van der Waals surface area contributed by atoms with Crippen LogP contribution in [0.2, 0.25) is 5.02 Å². The van der Waals surface area contributed by atoms with Crippen molar-refractivity contribution in [2.24, 2.45) is 10.7 Å². The molecule has 7 nitrogen and oxygen atoms in total. The highest BCUT2D eigenvalue weighted by Crippen LogP contribution is 2.29. The molecule has 154 valence electrons. The summed E-state index contributed by atoms with van der Waals surface area (Å²) in [5.41, 5.74) is 8.39. The summed E-state index contributed by atoms with van der Waals surface area (Å²) in [4.78, 5) is 21.0. The Bertz CT molecular complexity index is 1040. The van der Waals surface area contributed by atoms with Crippen molar-refractivity contribution < 1.29 is 14.3 Å². The quantitative estimate of drug-likeness (QED) is 0.459. The molecule has 30 heavy (non-hydrogen) atoms. The average Bonchev–Trinajstić information content (AvgIpc) is 2.78. The van der Waals surface area contributed by atoms with Gasteiger partial charge in [-0.2, -0.15) is 0 Å². The minimum Gasteiger partial charge on any atom is -0.497 e. The molecule has 3 aromatic rings. The van der Waals surface area contributed by atoms with E-state index in [2.05, 4.69) is 15.3 Å². The topological polar surface area (TPSA) is 98.8 Å². The molecule has 1 atom stereocenters. The van der Waals surface area contributed by atoms with E-state index in [1.165, 1.54) is 13.3 Å². The van der Waals surface area contributed by atoms with Gasteiger partial charge in [0.25, 0.3) is 11.9 Å². The number of hydrogen-bond acceptors (Lipinski definition) is 5. The van der Waals surface area contributed by atoms with Gasteiger partial charge in [0.15, 0.2) is 0 Å². The second-order valence-electron chi connectivity index (χ2n) is 6.29. The van der Waals surface area contributed by atoms with Gasteiger partial charge in [0.1, 0.15) is 17.5 Å². The van der Waals surface area contributed by atoms with Gasteiger partial charge in [-0.15, -0.1) is 0 Å². The fraction of sp³-hybridized carbons (Fsp3) is 0.136. The van der Waals surface area contributed by atoms with E-state index in [1.807, 2.05) is 42.5 Å². The number of aliphatic imine (C=N–C) groups is 1. The molecule has 0 aliphatic carbocycles. The maximum absolute atomic E-state index is 12.5. The number of pyridine rings is 1. The molecule has 0 saturated carbocycles. The summed E-state index contributed by atoms with van der Waals surface area (Å²) in [6.07, 6.45) is 1.43. The van der Waals surface area contributed by atoms with Crippen LogP contribution in [0.1, 0.15) is 27.7 Å². The van der Waals surface area contributed by atoms with Gasteiger partial charge in [-0.3, -0.25) is 4.79 Å². The van der Waals surface area contributed by atoms with Gasteiger partial charge in [-0.1, -0.05) is 35.9 Å². The van der Waals surface area contributed by atoms with Gasteiger partial charge in [-0.25, -0.2) is 9.98 Å². The number of halogens is 1. The number of methoxy groups -OCH3 is 2. The van der Waals surface area contributed by atoms with E-state index in [9.17, 15) is 4.79 Å². The standard InChI is InChI=1S/C22H21ClN4O3/c1-29-18-9-6-14(7-10-18)20(27-22(24)30-2)15-4-3-5-17(12-15)26-21(28)19-11-8-16(23)13-25-19/h3-13,20H,1-2H3,(H2,24,27)(H,26,28). The van der Waals surface area contributed by atoms with Crippen LogP contribution >= 0.6 is 11.6 Å². The molecular weight excluding hydrogens is 404 g/mol. The summed E-state index contributed by atoms with van der Waals surface area (Å²) in [6, 6.07) is 17.6. The SMILES string of the molecule is CO/C(N)=N\C(c1ccc(OC)cc1)c1cccc(NC(=O)c2ccc(Cl)cn2)c1. The van der Waals surface area contributed by atoms with Crippen LogP contribution in [0.5, 0.6) is 5.75 Å². The molecule has 1 heterocycles. The third-order valence-electron chi connectivity index (χ3n) is 4.32. The number of anilines is 1. The number of benzene rings is 2. The van der Waals surface area contributed by atoms with Gasteiger partial charge < -0.3 is 20.5 Å². The number of amidine groups is 1. The van der Waals surface area contributed by atoms with Crippen LogP contribution in [0.4, 0.5) is 5.69 Å². The third kappa shape index (κ3) is 5.27.